The Hall–Kier alpha value is -2.67. The van der Waals surface area contributed by atoms with E-state index in [1.165, 1.54) is 18.2 Å². The van der Waals surface area contributed by atoms with Gasteiger partial charge in [-0.15, -0.1) is 0 Å². The molecule has 23 heavy (non-hydrogen) atoms. The summed E-state index contributed by atoms with van der Waals surface area (Å²) in [4.78, 5) is 11.6. The minimum Gasteiger partial charge on any atom is -0.484 e. The molecule has 0 fully saturated rings. The zero-order valence-corrected chi connectivity index (χ0v) is 13.2. The first-order valence-electron chi connectivity index (χ1n) is 6.84. The highest BCUT2D eigenvalue weighted by Crippen LogP contribution is 2.11. The first-order valence-corrected chi connectivity index (χ1v) is 7.24. The summed E-state index contributed by atoms with van der Waals surface area (Å²) in [6, 6.07) is 13.2. The molecule has 0 aliphatic rings. The largest absolute Gasteiger partial charge is 0.484 e. The van der Waals surface area contributed by atoms with E-state index in [-0.39, 0.29) is 17.5 Å². The molecule has 0 saturated carbocycles. The number of ether oxygens (including phenoxy) is 1. The fourth-order valence-corrected chi connectivity index (χ4v) is 1.92. The van der Waals surface area contributed by atoms with Crippen molar-refractivity contribution in [3.63, 3.8) is 0 Å². The van der Waals surface area contributed by atoms with Crippen molar-refractivity contribution in [2.24, 2.45) is 0 Å². The predicted molar refractivity (Wildman–Crippen MR) is 90.6 cm³/mol. The van der Waals surface area contributed by atoms with Gasteiger partial charge in [0.25, 0.3) is 5.91 Å². The fraction of sp³-hybridized carbons (Fsp3) is 0.125. The third-order valence-electron chi connectivity index (χ3n) is 2.76. The molecule has 3 N–H and O–H groups in total. The van der Waals surface area contributed by atoms with E-state index in [1.807, 2.05) is 31.2 Å². The summed E-state index contributed by atoms with van der Waals surface area (Å²) in [5.41, 5.74) is 6.86. The number of rotatable bonds is 4. The molecule has 2 aromatic carbocycles. The Morgan fingerprint density at radius 3 is 2.70 bits per heavy atom. The molecule has 0 spiro atoms. The quantitative estimate of drug-likeness (QED) is 0.593. The Kier molecular flexibility index (Phi) is 5.87. The Morgan fingerprint density at radius 2 is 1.96 bits per heavy atom. The monoisotopic (exact) mass is 333 g/mol. The van der Waals surface area contributed by atoms with Crippen LogP contribution < -0.4 is 20.9 Å². The summed E-state index contributed by atoms with van der Waals surface area (Å²) in [6.45, 7) is 1.71. The zero-order chi connectivity index (χ0) is 16.7. The molecule has 0 atom stereocenters. The number of halogens is 1. The van der Waals surface area contributed by atoms with Gasteiger partial charge in [0, 0.05) is 11.8 Å². The molecule has 0 aromatic heterocycles. The van der Waals surface area contributed by atoms with Gasteiger partial charge in [-0.2, -0.15) is 0 Å². The molecular formula is C16H16FN3O2S. The third-order valence-corrected chi connectivity index (χ3v) is 2.96. The highest BCUT2D eigenvalue weighted by atomic mass is 32.1. The van der Waals surface area contributed by atoms with Gasteiger partial charge in [0.15, 0.2) is 11.7 Å². The highest BCUT2D eigenvalue weighted by molar-refractivity contribution is 7.80. The second kappa shape index (κ2) is 8.09. The second-order valence-electron chi connectivity index (χ2n) is 4.74. The van der Waals surface area contributed by atoms with Gasteiger partial charge < -0.3 is 10.1 Å². The number of carbonyl (C=O) groups excluding carboxylic acids is 1. The van der Waals surface area contributed by atoms with Crippen molar-refractivity contribution in [3.8, 4) is 5.75 Å². The van der Waals surface area contributed by atoms with Crippen molar-refractivity contribution in [3.05, 3.63) is 59.9 Å². The van der Waals surface area contributed by atoms with Crippen molar-refractivity contribution in [2.75, 3.05) is 11.9 Å². The van der Waals surface area contributed by atoms with Gasteiger partial charge in [-0.1, -0.05) is 18.2 Å². The van der Waals surface area contributed by atoms with Crippen LogP contribution >= 0.6 is 12.2 Å². The maximum Gasteiger partial charge on any atom is 0.276 e. The van der Waals surface area contributed by atoms with Crippen LogP contribution in [0.15, 0.2) is 48.5 Å². The van der Waals surface area contributed by atoms with Crippen molar-refractivity contribution >= 4 is 28.9 Å². The van der Waals surface area contributed by atoms with Crippen LogP contribution in [0.5, 0.6) is 5.75 Å². The number of carbonyl (C=O) groups is 1. The minimum absolute atomic E-state index is 0.245. The normalized spacial score (nSPS) is 9.83. The van der Waals surface area contributed by atoms with Crippen LogP contribution in [-0.4, -0.2) is 17.6 Å². The standard InChI is InChI=1S/C16H16FN3O2S/c1-11-4-2-6-13(8-11)18-16(23)20-19-15(21)10-22-14-7-3-5-12(17)9-14/h2-9H,10H2,1H3,(H,19,21)(H2,18,20,23). The molecule has 0 unspecified atom stereocenters. The summed E-state index contributed by atoms with van der Waals surface area (Å²) >= 11 is 5.07. The van der Waals surface area contributed by atoms with E-state index in [4.69, 9.17) is 17.0 Å². The molecule has 0 bridgehead atoms. The molecule has 2 rings (SSSR count). The van der Waals surface area contributed by atoms with E-state index in [2.05, 4.69) is 16.2 Å². The van der Waals surface area contributed by atoms with Crippen LogP contribution in [-0.2, 0) is 4.79 Å². The average molecular weight is 333 g/mol. The first-order chi connectivity index (χ1) is 11.0. The lowest BCUT2D eigenvalue weighted by Crippen LogP contribution is -2.45. The van der Waals surface area contributed by atoms with Crippen molar-refractivity contribution < 1.29 is 13.9 Å². The zero-order valence-electron chi connectivity index (χ0n) is 12.4. The number of nitrogens with one attached hydrogen (secondary N) is 3. The molecular weight excluding hydrogens is 317 g/mol. The Balaban J connectivity index is 1.72. The fourth-order valence-electron chi connectivity index (χ4n) is 1.75. The minimum atomic E-state index is -0.442. The molecule has 0 saturated heterocycles. The Labute approximate surface area is 138 Å². The van der Waals surface area contributed by atoms with Crippen LogP contribution in [0.25, 0.3) is 0 Å². The molecule has 2 aromatic rings. The van der Waals surface area contributed by atoms with Gasteiger partial charge in [0.2, 0.25) is 0 Å². The van der Waals surface area contributed by atoms with Crippen molar-refractivity contribution in [2.45, 2.75) is 6.92 Å². The van der Waals surface area contributed by atoms with Crippen LogP contribution in [0.1, 0.15) is 5.56 Å². The van der Waals surface area contributed by atoms with Crippen LogP contribution in [0.3, 0.4) is 0 Å². The summed E-state index contributed by atoms with van der Waals surface area (Å²) < 4.78 is 18.1. The van der Waals surface area contributed by atoms with Crippen molar-refractivity contribution in [1.82, 2.24) is 10.9 Å². The molecule has 0 aliphatic heterocycles. The third kappa shape index (κ3) is 5.91. The van der Waals surface area contributed by atoms with E-state index in [0.29, 0.717) is 0 Å². The number of benzene rings is 2. The number of aryl methyl sites for hydroxylation is 1. The smallest absolute Gasteiger partial charge is 0.276 e. The number of hydrogen-bond donors (Lipinski definition) is 3. The molecule has 0 aliphatic carbocycles. The number of thiocarbonyl (C=S) groups is 1. The SMILES string of the molecule is Cc1cccc(NC(=S)NNC(=O)COc2cccc(F)c2)c1. The van der Waals surface area contributed by atoms with Crippen LogP contribution in [0, 0.1) is 12.7 Å². The second-order valence-corrected chi connectivity index (χ2v) is 5.15. The van der Waals surface area contributed by atoms with Gasteiger partial charge in [-0.25, -0.2) is 4.39 Å². The van der Waals surface area contributed by atoms with E-state index >= 15 is 0 Å². The van der Waals surface area contributed by atoms with Gasteiger partial charge in [0.1, 0.15) is 11.6 Å². The maximum absolute atomic E-state index is 13.0. The summed E-state index contributed by atoms with van der Waals surface area (Å²) in [5, 5.41) is 3.18. The predicted octanol–water partition coefficient (Wildman–Crippen LogP) is 2.53. The molecule has 5 nitrogen and oxygen atoms in total. The topological polar surface area (TPSA) is 62.4 Å². The first kappa shape index (κ1) is 16.7. The maximum atomic E-state index is 13.0. The van der Waals surface area contributed by atoms with Gasteiger partial charge in [-0.3, -0.25) is 15.6 Å². The number of hydrogen-bond acceptors (Lipinski definition) is 3. The van der Waals surface area contributed by atoms with Gasteiger partial charge in [0.05, 0.1) is 0 Å². The summed E-state index contributed by atoms with van der Waals surface area (Å²) in [7, 11) is 0. The molecule has 1 amide bonds. The number of amides is 1. The summed E-state index contributed by atoms with van der Waals surface area (Å²) in [5.74, 6) is -0.590. The lowest BCUT2D eigenvalue weighted by Gasteiger charge is -2.12. The van der Waals surface area contributed by atoms with Gasteiger partial charge in [-0.05, 0) is 49.0 Å². The lowest BCUT2D eigenvalue weighted by molar-refractivity contribution is -0.123. The van der Waals surface area contributed by atoms with Crippen molar-refractivity contribution in [1.29, 1.82) is 0 Å². The number of hydrazine groups is 1. The van der Waals surface area contributed by atoms with Crippen LogP contribution in [0.4, 0.5) is 10.1 Å². The Bertz CT molecular complexity index is 709. The molecule has 0 heterocycles. The summed E-state index contributed by atoms with van der Waals surface area (Å²) in [6.07, 6.45) is 0. The van der Waals surface area contributed by atoms with E-state index in [9.17, 15) is 9.18 Å². The molecule has 0 radical (unpaired) electrons. The van der Waals surface area contributed by atoms with E-state index in [1.54, 1.807) is 6.07 Å². The Morgan fingerprint density at radius 1 is 1.17 bits per heavy atom. The average Bonchev–Trinajstić information content (AvgIpc) is 2.51. The highest BCUT2D eigenvalue weighted by Gasteiger charge is 2.04. The van der Waals surface area contributed by atoms with E-state index < -0.39 is 11.7 Å². The molecule has 7 heteroatoms. The lowest BCUT2D eigenvalue weighted by atomic mass is 10.2. The van der Waals surface area contributed by atoms with Gasteiger partial charge >= 0.3 is 0 Å². The van der Waals surface area contributed by atoms with E-state index in [0.717, 1.165) is 11.3 Å². The van der Waals surface area contributed by atoms with Crippen LogP contribution in [0.2, 0.25) is 0 Å². The number of anilines is 1. The molecule has 120 valence electrons.